The Morgan fingerprint density at radius 3 is 3.10 bits per heavy atom. The Kier molecular flexibility index (Phi) is 2.49. The summed E-state index contributed by atoms with van der Waals surface area (Å²) in [5.41, 5.74) is 2.63. The topological polar surface area (TPSA) is 37.3 Å². The first-order valence-corrected chi connectivity index (χ1v) is 2.84. The van der Waals surface area contributed by atoms with Crippen LogP contribution in [0.2, 0.25) is 0 Å². The maximum Gasteiger partial charge on any atom is 0.146 e. The molecule has 48 valence electrons. The molecule has 1 aromatic heterocycles. The van der Waals surface area contributed by atoms with E-state index in [1.165, 1.54) is 6.11 Å². The molecule has 1 heterocycles. The minimum absolute atomic E-state index is 0.684. The summed E-state index contributed by atoms with van der Waals surface area (Å²) in [6.07, 6.45) is 2.85. The molecule has 0 aliphatic carbocycles. The van der Waals surface area contributed by atoms with Crippen LogP contribution < -0.4 is 5.43 Å². The lowest BCUT2D eigenvalue weighted by Crippen LogP contribution is -1.90. The largest absolute Gasteiger partial charge is 0.263 e. The fraction of sp³-hybridized carbons (Fsp3) is 0. The van der Waals surface area contributed by atoms with Gasteiger partial charge < -0.3 is 0 Å². The number of rotatable bonds is 2. The van der Waals surface area contributed by atoms with Crippen molar-refractivity contribution >= 4 is 19.8 Å². The number of nitrogens with zero attached hydrogens (tertiary/aromatic N) is 2. The molecule has 0 spiro atoms. The van der Waals surface area contributed by atoms with Gasteiger partial charge in [-0.1, -0.05) is 6.07 Å². The lowest BCUT2D eigenvalue weighted by molar-refractivity contribution is 1.23. The third kappa shape index (κ3) is 1.89. The van der Waals surface area contributed by atoms with Crippen molar-refractivity contribution in [1.82, 2.24) is 4.98 Å². The van der Waals surface area contributed by atoms with Gasteiger partial charge in [-0.15, -0.1) is 0 Å². The van der Waals surface area contributed by atoms with E-state index in [-0.39, 0.29) is 0 Å². The zero-order chi connectivity index (χ0) is 7.23. The number of hydrogen-bond donors (Lipinski definition) is 1. The van der Waals surface area contributed by atoms with Gasteiger partial charge >= 0.3 is 0 Å². The molecule has 0 aliphatic heterocycles. The van der Waals surface area contributed by atoms with E-state index in [4.69, 9.17) is 7.85 Å². The van der Waals surface area contributed by atoms with Crippen molar-refractivity contribution in [1.29, 1.82) is 0 Å². The molecule has 2 radical (unpaired) electrons. The van der Waals surface area contributed by atoms with Gasteiger partial charge in [-0.2, -0.15) is 5.10 Å². The smallest absolute Gasteiger partial charge is 0.146 e. The van der Waals surface area contributed by atoms with E-state index < -0.39 is 0 Å². The molecular weight excluding hydrogens is 125 g/mol. The first kappa shape index (κ1) is 6.80. The average molecular weight is 131 g/mol. The Bertz CT molecular complexity index is 209. The maximum atomic E-state index is 4.99. The highest BCUT2D eigenvalue weighted by Crippen LogP contribution is 1.97. The highest BCUT2D eigenvalue weighted by molar-refractivity contribution is 6.49. The van der Waals surface area contributed by atoms with E-state index in [9.17, 15) is 0 Å². The van der Waals surface area contributed by atoms with Crippen LogP contribution in [0.15, 0.2) is 29.5 Å². The Labute approximate surface area is 60.6 Å². The monoisotopic (exact) mass is 131 g/mol. The highest BCUT2D eigenvalue weighted by atomic mass is 15.3. The Morgan fingerprint density at radius 1 is 1.60 bits per heavy atom. The zero-order valence-electron chi connectivity index (χ0n) is 5.36. The molecule has 3 nitrogen and oxygen atoms in total. The molecule has 1 N–H and O–H groups in total. The molecule has 0 amide bonds. The first-order chi connectivity index (χ1) is 4.93. The molecule has 4 heteroatoms. The SMILES string of the molecule is [B]/C=N/Nc1ccccn1. The van der Waals surface area contributed by atoms with Gasteiger partial charge in [0.2, 0.25) is 0 Å². The van der Waals surface area contributed by atoms with Gasteiger partial charge in [-0.3, -0.25) is 5.43 Å². The van der Waals surface area contributed by atoms with Crippen molar-refractivity contribution < 1.29 is 0 Å². The van der Waals surface area contributed by atoms with Gasteiger partial charge in [0.1, 0.15) is 13.7 Å². The third-order valence-electron chi connectivity index (χ3n) is 0.919. The number of hydrogen-bond acceptors (Lipinski definition) is 3. The summed E-state index contributed by atoms with van der Waals surface area (Å²) in [5, 5.41) is 3.58. The second kappa shape index (κ2) is 3.66. The van der Waals surface area contributed by atoms with Crippen LogP contribution in [-0.2, 0) is 0 Å². The molecule has 0 unspecified atom stereocenters. The Balaban J connectivity index is 2.59. The molecule has 1 rings (SSSR count). The van der Waals surface area contributed by atoms with Gasteiger partial charge in [0.05, 0.1) is 0 Å². The number of aromatic nitrogens is 1. The van der Waals surface area contributed by atoms with Crippen LogP contribution >= 0.6 is 0 Å². The average Bonchev–Trinajstić information content (AvgIpc) is 2.03. The molecule has 0 bridgehead atoms. The van der Waals surface area contributed by atoms with Gasteiger partial charge in [0.15, 0.2) is 0 Å². The van der Waals surface area contributed by atoms with Gasteiger partial charge in [-0.05, 0) is 18.2 Å². The molecule has 0 aromatic carbocycles. The summed E-state index contributed by atoms with van der Waals surface area (Å²) >= 11 is 0. The van der Waals surface area contributed by atoms with Crippen LogP contribution in [0.25, 0.3) is 0 Å². The number of hydrazone groups is 1. The van der Waals surface area contributed by atoms with Crippen LogP contribution in [0.4, 0.5) is 5.82 Å². The summed E-state index contributed by atoms with van der Waals surface area (Å²) in [5.74, 6) is 0.684. The number of anilines is 1. The van der Waals surface area contributed by atoms with Crippen LogP contribution in [0.3, 0.4) is 0 Å². The quantitative estimate of drug-likeness (QED) is 0.362. The van der Waals surface area contributed by atoms with Crippen molar-refractivity contribution in [3.63, 3.8) is 0 Å². The predicted molar refractivity (Wildman–Crippen MR) is 42.1 cm³/mol. The molecule has 0 fully saturated rings. The molecule has 0 aliphatic rings. The van der Waals surface area contributed by atoms with E-state index in [2.05, 4.69) is 15.5 Å². The van der Waals surface area contributed by atoms with Crippen molar-refractivity contribution in [3.05, 3.63) is 24.4 Å². The Morgan fingerprint density at radius 2 is 2.50 bits per heavy atom. The van der Waals surface area contributed by atoms with Crippen LogP contribution in [0.5, 0.6) is 0 Å². The fourth-order valence-corrected chi connectivity index (χ4v) is 0.532. The van der Waals surface area contributed by atoms with Crippen LogP contribution in [0.1, 0.15) is 0 Å². The van der Waals surface area contributed by atoms with E-state index >= 15 is 0 Å². The van der Waals surface area contributed by atoms with E-state index in [0.717, 1.165) is 0 Å². The molecule has 10 heavy (non-hydrogen) atoms. The molecular formula is C6H6BN3. The summed E-state index contributed by atoms with van der Waals surface area (Å²) < 4.78 is 0. The van der Waals surface area contributed by atoms with E-state index in [0.29, 0.717) is 5.82 Å². The summed E-state index contributed by atoms with van der Waals surface area (Å²) in [6, 6.07) is 5.49. The lowest BCUT2D eigenvalue weighted by atomic mass is 10.2. The fourth-order valence-electron chi connectivity index (χ4n) is 0.532. The standard InChI is InChI=1S/C6H6BN3/c7-5-9-10-6-3-1-2-4-8-6/h1-5H,(H,8,10)/b9-5+. The molecule has 0 saturated carbocycles. The summed E-state index contributed by atoms with van der Waals surface area (Å²) in [7, 11) is 4.99. The van der Waals surface area contributed by atoms with Crippen molar-refractivity contribution in [2.75, 3.05) is 5.43 Å². The highest BCUT2D eigenvalue weighted by Gasteiger charge is 1.82. The van der Waals surface area contributed by atoms with Crippen molar-refractivity contribution in [2.24, 2.45) is 5.10 Å². The second-order valence-electron chi connectivity index (χ2n) is 1.60. The van der Waals surface area contributed by atoms with Crippen LogP contribution in [0, 0.1) is 0 Å². The molecule has 0 atom stereocenters. The van der Waals surface area contributed by atoms with E-state index in [1.54, 1.807) is 12.3 Å². The number of pyridine rings is 1. The predicted octanol–water partition coefficient (Wildman–Crippen LogP) is 0.605. The zero-order valence-corrected chi connectivity index (χ0v) is 5.36. The normalized spacial score (nSPS) is 10.0. The van der Waals surface area contributed by atoms with Gasteiger partial charge in [0.25, 0.3) is 0 Å². The van der Waals surface area contributed by atoms with Gasteiger partial charge in [-0.25, -0.2) is 4.98 Å². The Hall–Kier alpha value is -1.32. The lowest BCUT2D eigenvalue weighted by Gasteiger charge is -1.94. The number of nitrogens with one attached hydrogen (secondary N) is 1. The maximum absolute atomic E-state index is 4.99. The minimum Gasteiger partial charge on any atom is -0.263 e. The second-order valence-corrected chi connectivity index (χ2v) is 1.60. The summed E-state index contributed by atoms with van der Waals surface area (Å²) in [6.45, 7) is 0. The van der Waals surface area contributed by atoms with Crippen LogP contribution in [-0.4, -0.2) is 18.9 Å². The third-order valence-corrected chi connectivity index (χ3v) is 0.919. The van der Waals surface area contributed by atoms with E-state index in [1.807, 2.05) is 12.1 Å². The van der Waals surface area contributed by atoms with Crippen molar-refractivity contribution in [3.8, 4) is 0 Å². The first-order valence-electron chi connectivity index (χ1n) is 2.84. The molecule has 0 saturated heterocycles. The van der Waals surface area contributed by atoms with Crippen molar-refractivity contribution in [2.45, 2.75) is 0 Å². The molecule has 1 aromatic rings. The minimum atomic E-state index is 0.684. The summed E-state index contributed by atoms with van der Waals surface area (Å²) in [4.78, 5) is 3.94. The van der Waals surface area contributed by atoms with Gasteiger partial charge in [0, 0.05) is 6.20 Å².